The molecule has 3 aromatic rings. The van der Waals surface area contributed by atoms with E-state index in [1.807, 2.05) is 30.1 Å². The van der Waals surface area contributed by atoms with E-state index in [-0.39, 0.29) is 11.5 Å². The molecule has 0 saturated heterocycles. The van der Waals surface area contributed by atoms with Gasteiger partial charge in [-0.1, -0.05) is 54.1 Å². The van der Waals surface area contributed by atoms with Gasteiger partial charge < -0.3 is 15.3 Å². The van der Waals surface area contributed by atoms with Crippen LogP contribution >= 0.6 is 11.6 Å². The largest absolute Gasteiger partial charge is 0.478 e. The Morgan fingerprint density at radius 2 is 1.87 bits per heavy atom. The molecule has 2 aromatic carbocycles. The molecule has 0 spiro atoms. The number of carboxylic acid groups (broad SMARTS) is 1. The molecule has 1 amide bonds. The molecule has 3 rings (SSSR count). The number of aromatic carboxylic acids is 1. The molecule has 0 fully saturated rings. The zero-order valence-electron chi connectivity index (χ0n) is 17.4. The second-order valence-electron chi connectivity index (χ2n) is 7.31. The van der Waals surface area contributed by atoms with E-state index in [1.54, 1.807) is 31.2 Å². The monoisotopic (exact) mass is 437 g/mol. The first-order valence-electron chi connectivity index (χ1n) is 9.90. The fourth-order valence-electron chi connectivity index (χ4n) is 3.25. The number of nitrogens with one attached hydrogen (secondary N) is 1. The van der Waals surface area contributed by atoms with Crippen molar-refractivity contribution in [1.29, 1.82) is 0 Å². The molecule has 2 N–H and O–H groups in total. The van der Waals surface area contributed by atoms with Gasteiger partial charge in [0.15, 0.2) is 0 Å². The van der Waals surface area contributed by atoms with Crippen molar-refractivity contribution < 1.29 is 14.7 Å². The predicted octanol–water partition coefficient (Wildman–Crippen LogP) is 4.60. The van der Waals surface area contributed by atoms with Crippen LogP contribution in [0.5, 0.6) is 0 Å². The Labute approximate surface area is 186 Å². The summed E-state index contributed by atoms with van der Waals surface area (Å²) in [5, 5.41) is 12.5. The maximum atomic E-state index is 13.0. The number of hydrogen-bond donors (Lipinski definition) is 2. The molecular weight excluding hydrogens is 414 g/mol. The number of aromatic nitrogens is 1. The Morgan fingerprint density at radius 3 is 2.58 bits per heavy atom. The van der Waals surface area contributed by atoms with Crippen molar-refractivity contribution in [1.82, 2.24) is 10.3 Å². The summed E-state index contributed by atoms with van der Waals surface area (Å²) in [6.45, 7) is 2.48. The summed E-state index contributed by atoms with van der Waals surface area (Å²) >= 11 is 6.12. The summed E-state index contributed by atoms with van der Waals surface area (Å²) in [5.41, 5.74) is 2.43. The SMILES string of the molecule is C[C@H](NC(=O)c1cc(Cl)cnc1N(C)CCc1ccccc1)c1cccc(C(=O)O)c1. The minimum absolute atomic E-state index is 0.171. The van der Waals surface area contributed by atoms with Gasteiger partial charge in [0.05, 0.1) is 22.2 Å². The van der Waals surface area contributed by atoms with Crippen LogP contribution in [0.3, 0.4) is 0 Å². The number of carbonyl (C=O) groups is 2. The molecule has 1 aromatic heterocycles. The van der Waals surface area contributed by atoms with Crippen LogP contribution in [0.25, 0.3) is 0 Å². The molecule has 1 heterocycles. The second kappa shape index (κ2) is 10.1. The van der Waals surface area contributed by atoms with Gasteiger partial charge in [-0.05, 0) is 42.7 Å². The van der Waals surface area contributed by atoms with E-state index in [1.165, 1.54) is 17.8 Å². The third-order valence-corrected chi connectivity index (χ3v) is 5.21. The van der Waals surface area contributed by atoms with Crippen LogP contribution in [0.2, 0.25) is 5.02 Å². The van der Waals surface area contributed by atoms with E-state index in [4.69, 9.17) is 11.6 Å². The van der Waals surface area contributed by atoms with E-state index >= 15 is 0 Å². The number of likely N-dealkylation sites (N-methyl/N-ethyl adjacent to an activating group) is 1. The molecule has 1 atom stereocenters. The minimum Gasteiger partial charge on any atom is -0.478 e. The van der Waals surface area contributed by atoms with Crippen LogP contribution in [0, 0.1) is 0 Å². The molecule has 160 valence electrons. The lowest BCUT2D eigenvalue weighted by molar-refractivity contribution is 0.0696. The second-order valence-corrected chi connectivity index (χ2v) is 7.74. The zero-order valence-corrected chi connectivity index (χ0v) is 18.1. The fourth-order valence-corrected chi connectivity index (χ4v) is 3.41. The Hall–Kier alpha value is -3.38. The van der Waals surface area contributed by atoms with Gasteiger partial charge in [-0.25, -0.2) is 9.78 Å². The molecular formula is C24H24ClN3O3. The van der Waals surface area contributed by atoms with Crippen LogP contribution in [-0.4, -0.2) is 35.6 Å². The Bertz CT molecular complexity index is 1070. The zero-order chi connectivity index (χ0) is 22.4. The first kappa shape index (κ1) is 22.3. The molecule has 31 heavy (non-hydrogen) atoms. The maximum absolute atomic E-state index is 13.0. The average molecular weight is 438 g/mol. The summed E-state index contributed by atoms with van der Waals surface area (Å²) in [6.07, 6.45) is 2.33. The number of anilines is 1. The van der Waals surface area contributed by atoms with Gasteiger partial charge >= 0.3 is 5.97 Å². The first-order chi connectivity index (χ1) is 14.8. The van der Waals surface area contributed by atoms with Crippen molar-refractivity contribution in [3.8, 4) is 0 Å². The molecule has 0 aliphatic heterocycles. The predicted molar refractivity (Wildman–Crippen MR) is 122 cm³/mol. The minimum atomic E-state index is -1.01. The third kappa shape index (κ3) is 5.83. The van der Waals surface area contributed by atoms with E-state index in [9.17, 15) is 14.7 Å². The summed E-state index contributed by atoms with van der Waals surface area (Å²) in [4.78, 5) is 30.6. The normalized spacial score (nSPS) is 11.6. The quantitative estimate of drug-likeness (QED) is 0.538. The molecule has 0 unspecified atom stereocenters. The fraction of sp³-hybridized carbons (Fsp3) is 0.208. The molecule has 0 radical (unpaired) electrons. The summed E-state index contributed by atoms with van der Waals surface area (Å²) in [6, 6.07) is 17.8. The molecule has 0 saturated carbocycles. The van der Waals surface area contributed by atoms with Crippen LogP contribution in [-0.2, 0) is 6.42 Å². The number of hydrogen-bond acceptors (Lipinski definition) is 4. The Morgan fingerprint density at radius 1 is 1.13 bits per heavy atom. The lowest BCUT2D eigenvalue weighted by atomic mass is 10.0. The number of rotatable bonds is 8. The van der Waals surface area contributed by atoms with E-state index < -0.39 is 12.0 Å². The molecule has 6 nitrogen and oxygen atoms in total. The van der Waals surface area contributed by atoms with Crippen molar-refractivity contribution in [3.63, 3.8) is 0 Å². The highest BCUT2D eigenvalue weighted by molar-refractivity contribution is 6.31. The van der Waals surface area contributed by atoms with Gasteiger partial charge in [-0.2, -0.15) is 0 Å². The lowest BCUT2D eigenvalue weighted by Crippen LogP contribution is -2.30. The summed E-state index contributed by atoms with van der Waals surface area (Å²) < 4.78 is 0. The van der Waals surface area contributed by atoms with E-state index in [0.29, 0.717) is 28.5 Å². The van der Waals surface area contributed by atoms with Gasteiger partial charge in [0.2, 0.25) is 0 Å². The van der Waals surface area contributed by atoms with Gasteiger partial charge in [0.25, 0.3) is 5.91 Å². The Balaban J connectivity index is 1.76. The van der Waals surface area contributed by atoms with Crippen molar-refractivity contribution >= 4 is 29.3 Å². The lowest BCUT2D eigenvalue weighted by Gasteiger charge is -2.22. The van der Waals surface area contributed by atoms with Gasteiger partial charge in [-0.3, -0.25) is 4.79 Å². The molecule has 0 bridgehead atoms. The van der Waals surface area contributed by atoms with Crippen molar-refractivity contribution in [2.75, 3.05) is 18.5 Å². The van der Waals surface area contributed by atoms with Crippen LogP contribution in [0.15, 0.2) is 66.9 Å². The average Bonchev–Trinajstić information content (AvgIpc) is 2.78. The van der Waals surface area contributed by atoms with Crippen molar-refractivity contribution in [2.24, 2.45) is 0 Å². The number of amides is 1. The first-order valence-corrected chi connectivity index (χ1v) is 10.3. The number of pyridine rings is 1. The number of nitrogens with zero attached hydrogens (tertiary/aromatic N) is 2. The van der Waals surface area contributed by atoms with Crippen LogP contribution < -0.4 is 10.2 Å². The topological polar surface area (TPSA) is 82.5 Å². The third-order valence-electron chi connectivity index (χ3n) is 5.00. The smallest absolute Gasteiger partial charge is 0.335 e. The molecule has 7 heteroatoms. The van der Waals surface area contributed by atoms with E-state index in [0.717, 1.165) is 6.42 Å². The Kier molecular flexibility index (Phi) is 7.26. The summed E-state index contributed by atoms with van der Waals surface area (Å²) in [5.74, 6) is -0.809. The molecule has 0 aliphatic carbocycles. The number of carbonyl (C=O) groups excluding carboxylic acids is 1. The number of benzene rings is 2. The van der Waals surface area contributed by atoms with Crippen molar-refractivity contribution in [3.05, 3.63) is 94.1 Å². The van der Waals surface area contributed by atoms with Gasteiger partial charge in [-0.15, -0.1) is 0 Å². The highest BCUT2D eigenvalue weighted by Gasteiger charge is 2.19. The van der Waals surface area contributed by atoms with Gasteiger partial charge in [0.1, 0.15) is 5.82 Å². The highest BCUT2D eigenvalue weighted by atomic mass is 35.5. The maximum Gasteiger partial charge on any atom is 0.335 e. The van der Waals surface area contributed by atoms with Gasteiger partial charge in [0, 0.05) is 19.8 Å². The number of halogens is 1. The summed E-state index contributed by atoms with van der Waals surface area (Å²) in [7, 11) is 1.88. The van der Waals surface area contributed by atoms with E-state index in [2.05, 4.69) is 22.4 Å². The van der Waals surface area contributed by atoms with Crippen LogP contribution in [0.1, 0.15) is 44.8 Å². The van der Waals surface area contributed by atoms with Crippen LogP contribution in [0.4, 0.5) is 5.82 Å². The van der Waals surface area contributed by atoms with Crippen molar-refractivity contribution in [2.45, 2.75) is 19.4 Å². The highest BCUT2D eigenvalue weighted by Crippen LogP contribution is 2.23. The molecule has 0 aliphatic rings. The standard InChI is InChI=1S/C24H24ClN3O3/c1-16(18-9-6-10-19(13-18)24(30)31)27-23(29)21-14-20(25)15-26-22(21)28(2)12-11-17-7-4-3-5-8-17/h3-10,13-16H,11-12H2,1-2H3,(H,27,29)(H,30,31)/t16-/m0/s1. The number of carboxylic acids is 1.